The summed E-state index contributed by atoms with van der Waals surface area (Å²) < 4.78 is 30.2. The maximum atomic E-state index is 12.6. The highest BCUT2D eigenvalue weighted by atomic mass is 32.2. The molecule has 2 heterocycles. The molecule has 1 aromatic carbocycles. The van der Waals surface area contributed by atoms with Gasteiger partial charge in [0.15, 0.2) is 0 Å². The first-order valence-corrected chi connectivity index (χ1v) is 10.2. The quantitative estimate of drug-likeness (QED) is 0.925. The number of aromatic nitrogens is 2. The molecule has 1 atom stereocenters. The van der Waals surface area contributed by atoms with Crippen molar-refractivity contribution in [1.29, 1.82) is 0 Å². The number of nitrogens with one attached hydrogen (secondary N) is 1. The van der Waals surface area contributed by atoms with Gasteiger partial charge in [-0.15, -0.1) is 0 Å². The van der Waals surface area contributed by atoms with Crippen LogP contribution in [-0.2, 0) is 35.8 Å². The van der Waals surface area contributed by atoms with Gasteiger partial charge in [0.05, 0.1) is 4.90 Å². The van der Waals surface area contributed by atoms with E-state index in [0.29, 0.717) is 17.4 Å². The highest BCUT2D eigenvalue weighted by molar-refractivity contribution is 7.89. The van der Waals surface area contributed by atoms with Crippen LogP contribution in [0, 0.1) is 5.92 Å². The van der Waals surface area contributed by atoms with E-state index < -0.39 is 10.0 Å². The van der Waals surface area contributed by atoms with Gasteiger partial charge in [-0.1, -0.05) is 6.07 Å². The van der Waals surface area contributed by atoms with Crippen molar-refractivity contribution < 1.29 is 8.42 Å². The fourth-order valence-corrected chi connectivity index (χ4v) is 4.96. The van der Waals surface area contributed by atoms with Gasteiger partial charge in [0.25, 0.3) is 0 Å². The summed E-state index contributed by atoms with van der Waals surface area (Å²) in [5, 5.41) is 0. The molecule has 24 heavy (non-hydrogen) atoms. The molecule has 1 aromatic heterocycles. The van der Waals surface area contributed by atoms with E-state index in [1.165, 1.54) is 17.5 Å². The molecule has 5 nitrogen and oxygen atoms in total. The Kier molecular flexibility index (Phi) is 4.18. The number of fused-ring (bicyclic) bond motifs is 2. The number of rotatable bonds is 4. The van der Waals surface area contributed by atoms with Crippen LogP contribution < -0.4 is 4.72 Å². The van der Waals surface area contributed by atoms with Crippen LogP contribution in [0.15, 0.2) is 35.5 Å². The second-order valence-corrected chi connectivity index (χ2v) is 8.66. The monoisotopic (exact) mass is 345 g/mol. The molecule has 1 unspecified atom stereocenters. The third-order valence-electron chi connectivity index (χ3n) is 5.23. The summed E-state index contributed by atoms with van der Waals surface area (Å²) in [5.74, 6) is 1.42. The van der Waals surface area contributed by atoms with Gasteiger partial charge in [-0.05, 0) is 61.3 Å². The maximum Gasteiger partial charge on any atom is 0.240 e. The third-order valence-corrected chi connectivity index (χ3v) is 6.65. The Bertz CT molecular complexity index is 842. The molecule has 0 spiro atoms. The van der Waals surface area contributed by atoms with Crippen LogP contribution in [0.3, 0.4) is 0 Å². The number of nitrogens with zero attached hydrogens (tertiary/aromatic N) is 2. The molecule has 1 aliphatic carbocycles. The summed E-state index contributed by atoms with van der Waals surface area (Å²) in [6.07, 6.45) is 10.1. The van der Waals surface area contributed by atoms with E-state index in [2.05, 4.69) is 14.3 Å². The Morgan fingerprint density at radius 3 is 2.88 bits per heavy atom. The van der Waals surface area contributed by atoms with Crippen molar-refractivity contribution >= 4 is 10.0 Å². The van der Waals surface area contributed by atoms with Crippen molar-refractivity contribution in [3.05, 3.63) is 47.5 Å². The zero-order valence-corrected chi connectivity index (χ0v) is 14.6. The fraction of sp³-hybridized carbons (Fsp3) is 0.500. The van der Waals surface area contributed by atoms with Gasteiger partial charge in [-0.25, -0.2) is 18.1 Å². The topological polar surface area (TPSA) is 64.0 Å². The van der Waals surface area contributed by atoms with Crippen LogP contribution in [-0.4, -0.2) is 24.5 Å². The van der Waals surface area contributed by atoms with Gasteiger partial charge in [0, 0.05) is 31.9 Å². The first kappa shape index (κ1) is 15.8. The van der Waals surface area contributed by atoms with Gasteiger partial charge >= 0.3 is 0 Å². The van der Waals surface area contributed by atoms with Crippen LogP contribution in [0.5, 0.6) is 0 Å². The number of sulfonamides is 1. The first-order chi connectivity index (χ1) is 11.6. The van der Waals surface area contributed by atoms with Crippen molar-refractivity contribution in [1.82, 2.24) is 14.3 Å². The summed E-state index contributed by atoms with van der Waals surface area (Å²) in [6.45, 7) is 1.32. The minimum absolute atomic E-state index is 0.319. The normalized spacial score (nSPS) is 20.4. The molecule has 1 aliphatic heterocycles. The lowest BCUT2D eigenvalue weighted by molar-refractivity contribution is 0.363. The molecule has 2 aliphatic rings. The van der Waals surface area contributed by atoms with Crippen molar-refractivity contribution in [2.45, 2.75) is 50.0 Å². The van der Waals surface area contributed by atoms with E-state index in [9.17, 15) is 8.42 Å². The highest BCUT2D eigenvalue weighted by Gasteiger charge is 2.22. The largest absolute Gasteiger partial charge is 0.335 e. The number of hydrogen-bond donors (Lipinski definition) is 1. The number of aryl methyl sites for hydroxylation is 3. The molecule has 0 fully saturated rings. The standard InChI is InChI=1S/C18H23N3O2S/c22-24(23,17-7-6-15-3-1-2-4-16(15)11-17)20-12-14-5-8-18-19-9-10-21(18)13-14/h6-7,9-11,14,20H,1-5,8,12-13H2. The van der Waals surface area contributed by atoms with Gasteiger partial charge in [-0.3, -0.25) is 0 Å². The number of hydrogen-bond acceptors (Lipinski definition) is 3. The van der Waals surface area contributed by atoms with Crippen molar-refractivity contribution in [3.63, 3.8) is 0 Å². The average Bonchev–Trinajstić information content (AvgIpc) is 3.07. The molecule has 0 bridgehead atoms. The van der Waals surface area contributed by atoms with Crippen molar-refractivity contribution in [2.24, 2.45) is 5.92 Å². The Balaban J connectivity index is 1.44. The molecule has 1 N–H and O–H groups in total. The molecule has 4 rings (SSSR count). The summed E-state index contributed by atoms with van der Waals surface area (Å²) in [6, 6.07) is 5.61. The third kappa shape index (κ3) is 3.13. The predicted molar refractivity (Wildman–Crippen MR) is 92.3 cm³/mol. The lowest BCUT2D eigenvalue weighted by atomic mass is 9.92. The van der Waals surface area contributed by atoms with Crippen LogP contribution in [0.4, 0.5) is 0 Å². The second kappa shape index (κ2) is 6.33. The smallest absolute Gasteiger partial charge is 0.240 e. The summed E-state index contributed by atoms with van der Waals surface area (Å²) in [5.41, 5.74) is 2.50. The van der Waals surface area contributed by atoms with E-state index in [1.54, 1.807) is 6.07 Å². The SMILES string of the molecule is O=S(=O)(NCC1CCc2nccn2C1)c1ccc2c(c1)CCCC2. The van der Waals surface area contributed by atoms with E-state index in [0.717, 1.165) is 44.5 Å². The van der Waals surface area contributed by atoms with E-state index >= 15 is 0 Å². The van der Waals surface area contributed by atoms with Gasteiger partial charge < -0.3 is 4.57 Å². The zero-order chi connectivity index (χ0) is 16.6. The van der Waals surface area contributed by atoms with Crippen LogP contribution >= 0.6 is 0 Å². The molecule has 0 amide bonds. The molecular formula is C18H23N3O2S. The summed E-state index contributed by atoms with van der Waals surface area (Å²) in [4.78, 5) is 4.72. The van der Waals surface area contributed by atoms with Crippen LogP contribution in [0.25, 0.3) is 0 Å². The minimum atomic E-state index is -3.43. The minimum Gasteiger partial charge on any atom is -0.335 e. The Labute approximate surface area is 143 Å². The maximum absolute atomic E-state index is 12.6. The predicted octanol–water partition coefficient (Wildman–Crippen LogP) is 2.30. The van der Waals surface area contributed by atoms with E-state index in [1.807, 2.05) is 24.5 Å². The summed E-state index contributed by atoms with van der Waals surface area (Å²) >= 11 is 0. The van der Waals surface area contributed by atoms with Gasteiger partial charge in [0.1, 0.15) is 5.82 Å². The molecule has 2 aromatic rings. The molecule has 0 saturated heterocycles. The molecule has 6 heteroatoms. The molecule has 0 saturated carbocycles. The summed E-state index contributed by atoms with van der Waals surface area (Å²) in [7, 11) is -3.43. The fourth-order valence-electron chi connectivity index (χ4n) is 3.79. The van der Waals surface area contributed by atoms with Crippen LogP contribution in [0.1, 0.15) is 36.2 Å². The number of imidazole rings is 1. The Morgan fingerprint density at radius 2 is 2.00 bits per heavy atom. The molecular weight excluding hydrogens is 322 g/mol. The zero-order valence-electron chi connectivity index (χ0n) is 13.7. The van der Waals surface area contributed by atoms with Gasteiger partial charge in [-0.2, -0.15) is 0 Å². The lowest BCUT2D eigenvalue weighted by Crippen LogP contribution is -2.33. The Hall–Kier alpha value is -1.66. The van der Waals surface area contributed by atoms with Crippen molar-refractivity contribution in [3.8, 4) is 0 Å². The first-order valence-electron chi connectivity index (χ1n) is 8.73. The Morgan fingerprint density at radius 1 is 1.17 bits per heavy atom. The van der Waals surface area contributed by atoms with E-state index in [4.69, 9.17) is 0 Å². The highest BCUT2D eigenvalue weighted by Crippen LogP contribution is 2.24. The molecule has 128 valence electrons. The van der Waals surface area contributed by atoms with Crippen molar-refractivity contribution in [2.75, 3.05) is 6.54 Å². The second-order valence-electron chi connectivity index (χ2n) is 6.89. The van der Waals surface area contributed by atoms with E-state index in [-0.39, 0.29) is 0 Å². The van der Waals surface area contributed by atoms with Crippen LogP contribution in [0.2, 0.25) is 0 Å². The lowest BCUT2D eigenvalue weighted by Gasteiger charge is -2.24. The average molecular weight is 345 g/mol. The molecule has 0 radical (unpaired) electrons. The van der Waals surface area contributed by atoms with Gasteiger partial charge in [0.2, 0.25) is 10.0 Å². The number of benzene rings is 1.